The third-order valence-corrected chi connectivity index (χ3v) is 9.78. The van der Waals surface area contributed by atoms with E-state index in [1.54, 1.807) is 28.8 Å². The number of hydrogen-bond donors (Lipinski definition) is 1. The standard InChI is InChI=1S/C26H24N5OS2/c1-4-28-18-11-10-17(13-27)12-19(18)29-26-30(14-16-8-6-5-7-9-16)24(32)23(34-26)25-31(3)15(2)20-21(31)22(20)33-25/h5-12,15,20,28H,4,14H2,1-3H3/q+1. The van der Waals surface area contributed by atoms with Crippen molar-refractivity contribution in [1.29, 1.82) is 5.26 Å². The van der Waals surface area contributed by atoms with Crippen LogP contribution in [0.25, 0.3) is 0 Å². The van der Waals surface area contributed by atoms with Crippen molar-refractivity contribution in [2.45, 2.75) is 26.4 Å². The Kier molecular flexibility index (Phi) is 4.92. The van der Waals surface area contributed by atoms with E-state index < -0.39 is 0 Å². The van der Waals surface area contributed by atoms with E-state index in [-0.39, 0.29) is 5.91 Å². The van der Waals surface area contributed by atoms with Crippen molar-refractivity contribution in [2.24, 2.45) is 10.9 Å². The molecule has 2 aromatic rings. The molecule has 2 fully saturated rings. The average Bonchev–Trinajstić information content (AvgIpc) is 3.36. The number of fused-ring (bicyclic) bond motifs is 1. The number of hydrogen-bond acceptors (Lipinski definition) is 6. The van der Waals surface area contributed by atoms with Crippen LogP contribution >= 0.6 is 23.5 Å². The Morgan fingerprint density at radius 2 is 2.00 bits per heavy atom. The summed E-state index contributed by atoms with van der Waals surface area (Å²) in [6, 6.07) is 18.2. The SMILES string of the molecule is CCNc1ccc(C#N)cc1N=C1SC(=C2SC3=C4C3C(C)[N+]24C)C(=O)N1Cc1ccccc1. The summed E-state index contributed by atoms with van der Waals surface area (Å²) in [4.78, 5) is 22.8. The first-order valence-corrected chi connectivity index (χ1v) is 13.0. The second-order valence-electron chi connectivity index (χ2n) is 9.03. The molecule has 2 saturated heterocycles. The Bertz CT molecular complexity index is 1370. The molecule has 4 aliphatic rings. The summed E-state index contributed by atoms with van der Waals surface area (Å²) in [5, 5.41) is 14.5. The normalized spacial score (nSPS) is 29.9. The monoisotopic (exact) mass is 486 g/mol. The number of nitrogens with one attached hydrogen (secondary N) is 1. The van der Waals surface area contributed by atoms with E-state index in [0.717, 1.165) is 32.2 Å². The van der Waals surface area contributed by atoms with E-state index in [9.17, 15) is 10.1 Å². The van der Waals surface area contributed by atoms with Gasteiger partial charge in [-0.1, -0.05) is 30.3 Å². The largest absolute Gasteiger partial charge is 0.384 e. The lowest BCUT2D eigenvalue weighted by molar-refractivity contribution is -0.883. The van der Waals surface area contributed by atoms with Crippen molar-refractivity contribution in [2.75, 3.05) is 18.9 Å². The molecule has 6 nitrogen and oxygen atoms in total. The molecule has 0 spiro atoms. The number of quaternary nitrogens is 1. The van der Waals surface area contributed by atoms with Crippen LogP contribution in [0.3, 0.4) is 0 Å². The molecule has 0 bridgehead atoms. The quantitative estimate of drug-likeness (QED) is 0.455. The molecule has 8 heteroatoms. The van der Waals surface area contributed by atoms with Crippen molar-refractivity contribution in [3.63, 3.8) is 0 Å². The maximum atomic E-state index is 13.8. The Hall–Kier alpha value is -2.99. The van der Waals surface area contributed by atoms with E-state index in [4.69, 9.17) is 4.99 Å². The summed E-state index contributed by atoms with van der Waals surface area (Å²) >= 11 is 3.25. The Labute approximate surface area is 207 Å². The third-order valence-electron chi connectivity index (χ3n) is 7.12. The molecule has 3 heterocycles. The second-order valence-corrected chi connectivity index (χ2v) is 11.0. The first kappa shape index (κ1) is 21.5. The van der Waals surface area contributed by atoms with Gasteiger partial charge in [0.05, 0.1) is 41.5 Å². The highest BCUT2D eigenvalue weighted by molar-refractivity contribution is 8.19. The number of thioether (sulfide) groups is 2. The van der Waals surface area contributed by atoms with Crippen molar-refractivity contribution < 1.29 is 9.28 Å². The van der Waals surface area contributed by atoms with Gasteiger partial charge in [-0.25, -0.2) is 4.99 Å². The maximum Gasteiger partial charge on any atom is 0.273 e. The lowest BCUT2D eigenvalue weighted by atomic mass is 9.99. The highest BCUT2D eigenvalue weighted by Crippen LogP contribution is 2.76. The smallest absolute Gasteiger partial charge is 0.273 e. The van der Waals surface area contributed by atoms with Gasteiger partial charge in [-0.05, 0) is 61.1 Å². The number of rotatable bonds is 5. The van der Waals surface area contributed by atoms with Crippen LogP contribution in [0, 0.1) is 17.2 Å². The molecular weight excluding hydrogens is 462 g/mol. The van der Waals surface area contributed by atoms with E-state index in [1.165, 1.54) is 22.4 Å². The zero-order valence-electron chi connectivity index (χ0n) is 19.2. The van der Waals surface area contributed by atoms with E-state index in [2.05, 4.69) is 25.4 Å². The number of nitrogens with zero attached hydrogens (tertiary/aromatic N) is 4. The number of amidine groups is 1. The Morgan fingerprint density at radius 1 is 1.21 bits per heavy atom. The van der Waals surface area contributed by atoms with Crippen LogP contribution in [-0.4, -0.2) is 40.1 Å². The third kappa shape index (κ3) is 3.01. The molecule has 170 valence electrons. The minimum absolute atomic E-state index is 0.00837. The summed E-state index contributed by atoms with van der Waals surface area (Å²) in [6.45, 7) is 5.49. The minimum Gasteiger partial charge on any atom is -0.384 e. The second kappa shape index (κ2) is 7.77. The molecule has 3 aliphatic heterocycles. The molecule has 1 amide bonds. The van der Waals surface area contributed by atoms with Gasteiger partial charge in [0.15, 0.2) is 10.2 Å². The minimum atomic E-state index is 0.00837. The predicted molar refractivity (Wildman–Crippen MR) is 138 cm³/mol. The number of anilines is 1. The van der Waals surface area contributed by atoms with Crippen molar-refractivity contribution in [1.82, 2.24) is 4.90 Å². The zero-order valence-corrected chi connectivity index (χ0v) is 20.8. The van der Waals surface area contributed by atoms with E-state index >= 15 is 0 Å². The van der Waals surface area contributed by atoms with Gasteiger partial charge in [-0.15, -0.1) is 0 Å². The van der Waals surface area contributed by atoms with Crippen molar-refractivity contribution >= 4 is 46.0 Å². The fourth-order valence-corrected chi connectivity index (χ4v) is 8.08. The topological polar surface area (TPSA) is 68.5 Å². The van der Waals surface area contributed by atoms with Gasteiger partial charge in [0, 0.05) is 6.54 Å². The molecule has 1 aliphatic carbocycles. The van der Waals surface area contributed by atoms with Gasteiger partial charge >= 0.3 is 0 Å². The zero-order chi connectivity index (χ0) is 23.6. The van der Waals surface area contributed by atoms with Gasteiger partial charge in [-0.3, -0.25) is 14.2 Å². The van der Waals surface area contributed by atoms with Crippen LogP contribution in [0.2, 0.25) is 0 Å². The molecule has 6 rings (SSSR count). The summed E-state index contributed by atoms with van der Waals surface area (Å²) in [6.07, 6.45) is 0. The predicted octanol–water partition coefficient (Wildman–Crippen LogP) is 5.36. The Morgan fingerprint density at radius 3 is 2.68 bits per heavy atom. The van der Waals surface area contributed by atoms with Crippen LogP contribution in [0.15, 0.2) is 74.1 Å². The molecule has 0 saturated carbocycles. The molecule has 3 atom stereocenters. The van der Waals surface area contributed by atoms with Crippen LogP contribution in [0.1, 0.15) is 25.0 Å². The van der Waals surface area contributed by atoms with E-state index in [1.807, 2.05) is 43.3 Å². The fraction of sp³-hybridized carbons (Fsp3) is 0.269. The van der Waals surface area contributed by atoms with Crippen LogP contribution < -0.4 is 5.32 Å². The average molecular weight is 487 g/mol. The summed E-state index contributed by atoms with van der Waals surface area (Å²) in [7, 11) is 2.23. The number of carbonyl (C=O) groups is 1. The van der Waals surface area contributed by atoms with Gasteiger partial charge < -0.3 is 5.32 Å². The molecule has 3 unspecified atom stereocenters. The van der Waals surface area contributed by atoms with Gasteiger partial charge in [-0.2, -0.15) is 5.26 Å². The molecule has 0 aromatic heterocycles. The van der Waals surface area contributed by atoms with Crippen molar-refractivity contribution in [3.05, 3.63) is 80.2 Å². The number of aliphatic imine (C=N–C) groups is 1. The van der Waals surface area contributed by atoms with Crippen LogP contribution in [0.4, 0.5) is 11.4 Å². The molecule has 1 N–H and O–H groups in total. The number of benzene rings is 2. The molecule has 0 radical (unpaired) electrons. The molecule has 2 aromatic carbocycles. The van der Waals surface area contributed by atoms with Gasteiger partial charge in [0.2, 0.25) is 0 Å². The van der Waals surface area contributed by atoms with E-state index in [0.29, 0.717) is 34.9 Å². The molecular formula is C26H24N5OS2+. The van der Waals surface area contributed by atoms with Crippen molar-refractivity contribution in [3.8, 4) is 6.07 Å². The number of nitriles is 1. The highest BCUT2D eigenvalue weighted by atomic mass is 32.2. The lowest BCUT2D eigenvalue weighted by Crippen LogP contribution is -2.57. The Balaban J connectivity index is 1.44. The first-order chi connectivity index (χ1) is 16.5. The maximum absolute atomic E-state index is 13.8. The van der Waals surface area contributed by atoms with Gasteiger partial charge in [0.1, 0.15) is 22.6 Å². The summed E-state index contributed by atoms with van der Waals surface area (Å²) in [5.41, 5.74) is 4.61. The summed E-state index contributed by atoms with van der Waals surface area (Å²) < 4.78 is 0.776. The highest BCUT2D eigenvalue weighted by Gasteiger charge is 2.76. The fourth-order valence-electron chi connectivity index (χ4n) is 5.13. The van der Waals surface area contributed by atoms with Crippen LogP contribution in [0.5, 0.6) is 0 Å². The number of carbonyl (C=O) groups excluding carboxylic acids is 1. The number of amides is 1. The lowest BCUT2D eigenvalue weighted by Gasteiger charge is -2.46. The van der Waals surface area contributed by atoms with Crippen LogP contribution in [-0.2, 0) is 11.3 Å². The first-order valence-electron chi connectivity index (χ1n) is 11.4. The summed E-state index contributed by atoms with van der Waals surface area (Å²) in [5.74, 6) is 0.653. The molecule has 34 heavy (non-hydrogen) atoms. The van der Waals surface area contributed by atoms with Gasteiger partial charge in [0.25, 0.3) is 5.91 Å².